The van der Waals surface area contributed by atoms with Gasteiger partial charge in [0.2, 0.25) is 0 Å². The van der Waals surface area contributed by atoms with E-state index in [9.17, 15) is 0 Å². The molecule has 0 aliphatic heterocycles. The van der Waals surface area contributed by atoms with Crippen LogP contribution in [0.1, 0.15) is 31.3 Å². The van der Waals surface area contributed by atoms with Crippen LogP contribution in [0.25, 0.3) is 6.08 Å². The van der Waals surface area contributed by atoms with Gasteiger partial charge in [-0.1, -0.05) is 31.0 Å². The number of H-pyrrole nitrogens is 1. The van der Waals surface area contributed by atoms with Crippen molar-refractivity contribution in [1.82, 2.24) is 9.97 Å². The monoisotopic (exact) mass is 230 g/mol. The third-order valence-corrected chi connectivity index (χ3v) is 2.38. The first-order chi connectivity index (χ1) is 6.77. The van der Waals surface area contributed by atoms with Crippen molar-refractivity contribution < 1.29 is 0 Å². The fraction of sp³-hybridized carbons (Fsp3) is 0.500. The highest BCUT2D eigenvalue weighted by Gasteiger charge is 2.04. The molecule has 14 heavy (non-hydrogen) atoms. The number of nitrogens with zero attached hydrogens (tertiary/aromatic N) is 1. The summed E-state index contributed by atoms with van der Waals surface area (Å²) in [7, 11) is 0. The zero-order chi connectivity index (χ0) is 10.4. The van der Waals surface area contributed by atoms with Crippen LogP contribution in [0.3, 0.4) is 0 Å². The van der Waals surface area contributed by atoms with Gasteiger partial charge in [-0.2, -0.15) is 12.6 Å². The van der Waals surface area contributed by atoms with Crippen LogP contribution in [0.5, 0.6) is 0 Å². The minimum atomic E-state index is 0.620. The zero-order valence-corrected chi connectivity index (χ0v) is 9.91. The summed E-state index contributed by atoms with van der Waals surface area (Å²) in [5.41, 5.74) is 0.812. The average Bonchev–Trinajstić information content (AvgIpc) is 2.53. The van der Waals surface area contributed by atoms with Gasteiger partial charge in [-0.25, -0.2) is 4.98 Å². The summed E-state index contributed by atoms with van der Waals surface area (Å²) in [6.45, 7) is 2.16. The standard InChI is InChI=1S/C10H15ClN2S/c1-2-3-6-9-12-8(5-4-7-14)10(11)13-9/h4-5,14H,2-3,6-7H2,1H3,(H,12,13). The van der Waals surface area contributed by atoms with E-state index in [1.54, 1.807) is 0 Å². The lowest BCUT2D eigenvalue weighted by Crippen LogP contribution is -1.86. The Morgan fingerprint density at radius 2 is 2.36 bits per heavy atom. The summed E-state index contributed by atoms with van der Waals surface area (Å²) in [4.78, 5) is 7.44. The van der Waals surface area contributed by atoms with Crippen LogP contribution in [0.15, 0.2) is 6.08 Å². The number of rotatable bonds is 5. The molecule has 1 heterocycles. The maximum Gasteiger partial charge on any atom is 0.133 e. The van der Waals surface area contributed by atoms with Crippen LogP contribution in [0.4, 0.5) is 0 Å². The molecular weight excluding hydrogens is 216 g/mol. The highest BCUT2D eigenvalue weighted by molar-refractivity contribution is 7.80. The summed E-state index contributed by atoms with van der Waals surface area (Å²) in [5, 5.41) is 0.620. The van der Waals surface area contributed by atoms with Gasteiger partial charge in [0.1, 0.15) is 16.7 Å². The fourth-order valence-corrected chi connectivity index (χ4v) is 1.47. The molecule has 0 amide bonds. The Bertz CT molecular complexity index is 307. The van der Waals surface area contributed by atoms with Gasteiger partial charge in [0.25, 0.3) is 0 Å². The molecule has 0 saturated carbocycles. The number of nitrogens with one attached hydrogen (secondary N) is 1. The topological polar surface area (TPSA) is 28.7 Å². The number of aromatic nitrogens is 2. The number of thiol groups is 1. The lowest BCUT2D eigenvalue weighted by molar-refractivity contribution is 0.762. The van der Waals surface area contributed by atoms with E-state index in [1.165, 1.54) is 6.42 Å². The van der Waals surface area contributed by atoms with E-state index >= 15 is 0 Å². The highest BCUT2D eigenvalue weighted by Crippen LogP contribution is 2.15. The fourth-order valence-electron chi connectivity index (χ4n) is 1.15. The van der Waals surface area contributed by atoms with Crippen molar-refractivity contribution >= 4 is 30.3 Å². The number of hydrogen-bond acceptors (Lipinski definition) is 2. The number of aryl methyl sites for hydroxylation is 1. The molecule has 0 aromatic carbocycles. The molecule has 0 unspecified atom stereocenters. The molecule has 1 aromatic heterocycles. The average molecular weight is 231 g/mol. The van der Waals surface area contributed by atoms with Crippen LogP contribution < -0.4 is 0 Å². The van der Waals surface area contributed by atoms with Crippen molar-refractivity contribution in [3.63, 3.8) is 0 Å². The third-order valence-electron chi connectivity index (χ3n) is 1.88. The van der Waals surface area contributed by atoms with Crippen molar-refractivity contribution in [3.05, 3.63) is 22.7 Å². The molecule has 0 aliphatic carbocycles. The lowest BCUT2D eigenvalue weighted by Gasteiger charge is -1.90. The highest BCUT2D eigenvalue weighted by atomic mass is 35.5. The van der Waals surface area contributed by atoms with Crippen LogP contribution >= 0.6 is 24.2 Å². The van der Waals surface area contributed by atoms with Crippen LogP contribution in [-0.2, 0) is 6.42 Å². The van der Waals surface area contributed by atoms with Crippen molar-refractivity contribution in [2.75, 3.05) is 5.75 Å². The Balaban J connectivity index is 2.67. The molecule has 4 heteroatoms. The second-order valence-corrected chi connectivity index (χ2v) is 3.81. The molecule has 1 aromatic rings. The van der Waals surface area contributed by atoms with E-state index in [0.29, 0.717) is 10.9 Å². The second kappa shape index (κ2) is 6.14. The first-order valence-corrected chi connectivity index (χ1v) is 5.80. The van der Waals surface area contributed by atoms with Gasteiger partial charge in [-0.15, -0.1) is 0 Å². The first kappa shape index (κ1) is 11.7. The molecule has 1 rings (SSSR count). The second-order valence-electron chi connectivity index (χ2n) is 3.07. The quantitative estimate of drug-likeness (QED) is 0.747. The van der Waals surface area contributed by atoms with E-state index in [0.717, 1.165) is 24.4 Å². The predicted molar refractivity (Wildman–Crippen MR) is 65.1 cm³/mol. The maximum absolute atomic E-state index is 5.97. The minimum absolute atomic E-state index is 0.620. The van der Waals surface area contributed by atoms with Gasteiger partial charge in [0.05, 0.1) is 0 Å². The molecule has 0 bridgehead atoms. The smallest absolute Gasteiger partial charge is 0.133 e. The molecule has 0 saturated heterocycles. The summed E-state index contributed by atoms with van der Waals surface area (Å²) < 4.78 is 0. The van der Waals surface area contributed by atoms with E-state index in [1.807, 2.05) is 12.2 Å². The van der Waals surface area contributed by atoms with Crippen molar-refractivity contribution in [3.8, 4) is 0 Å². The Morgan fingerprint density at radius 1 is 1.57 bits per heavy atom. The summed E-state index contributed by atoms with van der Waals surface area (Å²) in [6, 6.07) is 0. The van der Waals surface area contributed by atoms with Crippen LogP contribution in [0, 0.1) is 0 Å². The Labute approximate surface area is 95.2 Å². The molecule has 0 atom stereocenters. The largest absolute Gasteiger partial charge is 0.333 e. The number of halogens is 1. The van der Waals surface area contributed by atoms with Crippen molar-refractivity contribution in [2.24, 2.45) is 0 Å². The van der Waals surface area contributed by atoms with E-state index in [2.05, 4.69) is 29.5 Å². The van der Waals surface area contributed by atoms with Crippen LogP contribution in [0.2, 0.25) is 5.15 Å². The van der Waals surface area contributed by atoms with Gasteiger partial charge in [0.15, 0.2) is 0 Å². The number of unbranched alkanes of at least 4 members (excludes halogenated alkanes) is 1. The molecule has 0 aliphatic rings. The summed E-state index contributed by atoms with van der Waals surface area (Å²) in [6.07, 6.45) is 7.08. The lowest BCUT2D eigenvalue weighted by atomic mass is 10.2. The predicted octanol–water partition coefficient (Wildman–Crippen LogP) is 3.35. The Kier molecular flexibility index (Phi) is 5.12. The first-order valence-electron chi connectivity index (χ1n) is 4.79. The number of aromatic amines is 1. The van der Waals surface area contributed by atoms with E-state index in [-0.39, 0.29) is 0 Å². The van der Waals surface area contributed by atoms with Crippen molar-refractivity contribution in [2.45, 2.75) is 26.2 Å². The van der Waals surface area contributed by atoms with Gasteiger partial charge in [-0.05, 0) is 12.5 Å². The Hall–Kier alpha value is -0.410. The molecule has 1 N–H and O–H groups in total. The molecule has 0 fully saturated rings. The number of imidazole rings is 1. The molecule has 0 radical (unpaired) electrons. The van der Waals surface area contributed by atoms with Gasteiger partial charge in [-0.3, -0.25) is 0 Å². The molecule has 78 valence electrons. The van der Waals surface area contributed by atoms with Crippen molar-refractivity contribution in [1.29, 1.82) is 0 Å². The van der Waals surface area contributed by atoms with E-state index < -0.39 is 0 Å². The molecule has 0 spiro atoms. The number of hydrogen-bond donors (Lipinski definition) is 2. The van der Waals surface area contributed by atoms with E-state index in [4.69, 9.17) is 11.6 Å². The third kappa shape index (κ3) is 3.39. The minimum Gasteiger partial charge on any atom is -0.333 e. The van der Waals surface area contributed by atoms with Gasteiger partial charge >= 0.3 is 0 Å². The maximum atomic E-state index is 5.97. The Morgan fingerprint density at radius 3 is 3.00 bits per heavy atom. The van der Waals surface area contributed by atoms with Crippen LogP contribution in [-0.4, -0.2) is 15.7 Å². The summed E-state index contributed by atoms with van der Waals surface area (Å²) >= 11 is 10.0. The molecule has 2 nitrogen and oxygen atoms in total. The zero-order valence-electron chi connectivity index (χ0n) is 8.26. The van der Waals surface area contributed by atoms with Gasteiger partial charge in [0, 0.05) is 12.2 Å². The summed E-state index contributed by atoms with van der Waals surface area (Å²) in [5.74, 6) is 1.67. The SMILES string of the molecule is CCCCc1nc(C=CCS)c(Cl)[nH]1. The van der Waals surface area contributed by atoms with Gasteiger partial charge < -0.3 is 4.98 Å². The normalized spacial score (nSPS) is 11.4. The molecular formula is C10H15ClN2S.